The van der Waals surface area contributed by atoms with Crippen molar-refractivity contribution < 1.29 is 29.1 Å². The summed E-state index contributed by atoms with van der Waals surface area (Å²) in [5, 5.41) is 18.2. The Morgan fingerprint density at radius 3 is 2.53 bits per heavy atom. The number of carbonyl (C=O) groups is 5. The molecule has 2 heterocycles. The zero-order valence-electron chi connectivity index (χ0n) is 19.3. The average molecular weight is 515 g/mol. The first-order valence-electron chi connectivity index (χ1n) is 10.8. The first kappa shape index (κ1) is 27.5. The van der Waals surface area contributed by atoms with Gasteiger partial charge in [-0.3, -0.25) is 24.0 Å². The van der Waals surface area contributed by atoms with Crippen LogP contribution in [0.4, 0.5) is 0 Å². The van der Waals surface area contributed by atoms with Crippen LogP contribution in [-0.2, 0) is 19.2 Å². The monoisotopic (exact) mass is 514 g/mol. The molecule has 0 unspecified atom stereocenters. The number of carboxylic acids is 1. The summed E-state index contributed by atoms with van der Waals surface area (Å²) in [6.07, 6.45) is 0.876. The number of aliphatic carboxylic acids is 1. The molecule has 12 nitrogen and oxygen atoms in total. The van der Waals surface area contributed by atoms with Crippen LogP contribution in [0.15, 0.2) is 0 Å². The average Bonchev–Trinajstić information content (AvgIpc) is 3.18. The first-order valence-corrected chi connectivity index (χ1v) is 12.7. The molecule has 0 saturated carbocycles. The van der Waals surface area contributed by atoms with Gasteiger partial charge in [0.2, 0.25) is 17.7 Å². The highest BCUT2D eigenvalue weighted by Crippen LogP contribution is 2.21. The largest absolute Gasteiger partial charge is 0.481 e. The van der Waals surface area contributed by atoms with Gasteiger partial charge in [0.15, 0.2) is 0 Å². The number of carboxylic acid groups (broad SMARTS) is 1. The van der Waals surface area contributed by atoms with Gasteiger partial charge in [0.25, 0.3) is 5.91 Å². The number of thioether (sulfide) groups is 1. The van der Waals surface area contributed by atoms with Crippen LogP contribution in [0.1, 0.15) is 48.5 Å². The van der Waals surface area contributed by atoms with E-state index >= 15 is 0 Å². The second kappa shape index (κ2) is 12.6. The zero-order valence-corrected chi connectivity index (χ0v) is 20.9. The van der Waals surface area contributed by atoms with E-state index in [-0.39, 0.29) is 36.3 Å². The number of nitrogens with zero attached hydrogens (tertiary/aromatic N) is 3. The number of carbonyl (C=O) groups excluding carboxylic acids is 4. The number of aromatic nitrogens is 2. The molecule has 2 rings (SSSR count). The smallest absolute Gasteiger partial charge is 0.313 e. The van der Waals surface area contributed by atoms with E-state index in [0.29, 0.717) is 23.4 Å². The Bertz CT molecular complexity index is 923. The Balaban J connectivity index is 2.15. The fraction of sp³-hybridized carbons (Fsp3) is 0.650. The summed E-state index contributed by atoms with van der Waals surface area (Å²) in [6, 6.07) is -2.25. The van der Waals surface area contributed by atoms with Crippen LogP contribution in [0, 0.1) is 12.8 Å². The minimum Gasteiger partial charge on any atom is -0.481 e. The van der Waals surface area contributed by atoms with Crippen molar-refractivity contribution in [1.82, 2.24) is 25.1 Å². The third-order valence-corrected chi connectivity index (χ3v) is 6.97. The standard InChI is InChI=1S/C20H30N6O6S2/c1-10(2)6-13(18(21)30)23-19(31)14-7-12(22-20(32)17-11(3)24-25-34-17)4-5-26(14)15(27)8-33-9-16(28)29/h10,12-14H,4-9H2,1-3H3,(H2,21,30)(H,22,32)(H,23,31)(H,28,29)/t12-,13-,14+/m1/s1. The molecule has 1 saturated heterocycles. The number of primary amides is 1. The van der Waals surface area contributed by atoms with Crippen molar-refractivity contribution in [2.24, 2.45) is 11.7 Å². The van der Waals surface area contributed by atoms with Crippen molar-refractivity contribution >= 4 is 52.9 Å². The minimum atomic E-state index is -1.04. The maximum atomic E-state index is 13.2. The summed E-state index contributed by atoms with van der Waals surface area (Å²) in [5.41, 5.74) is 5.95. The fourth-order valence-corrected chi connectivity index (χ4v) is 4.81. The van der Waals surface area contributed by atoms with Gasteiger partial charge in [0.1, 0.15) is 17.0 Å². The van der Waals surface area contributed by atoms with Crippen molar-refractivity contribution in [3.05, 3.63) is 10.6 Å². The number of nitrogens with two attached hydrogens (primary N) is 1. The van der Waals surface area contributed by atoms with Gasteiger partial charge in [0, 0.05) is 12.6 Å². The molecule has 3 atom stereocenters. The van der Waals surface area contributed by atoms with Crippen LogP contribution < -0.4 is 16.4 Å². The molecule has 1 aliphatic rings. The maximum absolute atomic E-state index is 13.2. The predicted molar refractivity (Wildman–Crippen MR) is 126 cm³/mol. The molecule has 0 spiro atoms. The molecule has 0 aromatic carbocycles. The van der Waals surface area contributed by atoms with Crippen molar-refractivity contribution in [1.29, 1.82) is 0 Å². The van der Waals surface area contributed by atoms with Crippen molar-refractivity contribution in [3.63, 3.8) is 0 Å². The molecule has 0 bridgehead atoms. The summed E-state index contributed by atoms with van der Waals surface area (Å²) in [5.74, 6) is -3.26. The molecule has 188 valence electrons. The lowest BCUT2D eigenvalue weighted by Gasteiger charge is -2.39. The molecule has 4 amide bonds. The predicted octanol–water partition coefficient (Wildman–Crippen LogP) is -0.230. The van der Waals surface area contributed by atoms with Gasteiger partial charge in [-0.25, -0.2) is 0 Å². The SMILES string of the molecule is Cc1nnsc1C(=O)N[C@@H]1CCN(C(=O)CSCC(=O)O)[C@H](C(=O)N[C@H](CC(C)C)C(N)=O)C1. The summed E-state index contributed by atoms with van der Waals surface area (Å²) >= 11 is 1.90. The third kappa shape index (κ3) is 7.94. The maximum Gasteiger partial charge on any atom is 0.313 e. The van der Waals surface area contributed by atoms with Gasteiger partial charge < -0.3 is 26.4 Å². The molecule has 0 radical (unpaired) electrons. The quantitative estimate of drug-likeness (QED) is 0.309. The molecule has 1 fully saturated rings. The van der Waals surface area contributed by atoms with Crippen LogP contribution in [-0.4, -0.2) is 85.4 Å². The van der Waals surface area contributed by atoms with E-state index in [0.717, 1.165) is 23.3 Å². The van der Waals surface area contributed by atoms with E-state index in [1.54, 1.807) is 6.92 Å². The minimum absolute atomic E-state index is 0.0950. The van der Waals surface area contributed by atoms with E-state index < -0.39 is 41.8 Å². The molecule has 0 aliphatic carbocycles. The third-order valence-electron chi connectivity index (χ3n) is 5.24. The van der Waals surface area contributed by atoms with Gasteiger partial charge >= 0.3 is 5.97 Å². The number of piperidine rings is 1. The van der Waals surface area contributed by atoms with E-state index in [9.17, 15) is 24.0 Å². The molecule has 1 aromatic heterocycles. The molecule has 1 aliphatic heterocycles. The van der Waals surface area contributed by atoms with Crippen molar-refractivity contribution in [2.75, 3.05) is 18.1 Å². The van der Waals surface area contributed by atoms with E-state index in [2.05, 4.69) is 20.2 Å². The van der Waals surface area contributed by atoms with Gasteiger partial charge in [-0.2, -0.15) is 0 Å². The Kier molecular flexibility index (Phi) is 10.2. The number of rotatable bonds is 11. The van der Waals surface area contributed by atoms with Crippen LogP contribution in [0.25, 0.3) is 0 Å². The summed E-state index contributed by atoms with van der Waals surface area (Å²) in [4.78, 5) is 62.9. The van der Waals surface area contributed by atoms with E-state index in [4.69, 9.17) is 10.8 Å². The van der Waals surface area contributed by atoms with Crippen LogP contribution in [0.2, 0.25) is 0 Å². The summed E-state index contributed by atoms with van der Waals surface area (Å²) in [7, 11) is 0. The molecular weight excluding hydrogens is 484 g/mol. The highest BCUT2D eigenvalue weighted by Gasteiger charge is 2.38. The van der Waals surface area contributed by atoms with Crippen molar-refractivity contribution in [3.8, 4) is 0 Å². The highest BCUT2D eigenvalue weighted by molar-refractivity contribution is 8.00. The lowest BCUT2D eigenvalue weighted by atomic mass is 9.95. The summed E-state index contributed by atoms with van der Waals surface area (Å²) in [6.45, 7) is 5.63. The number of hydrogen-bond acceptors (Lipinski definition) is 9. The lowest BCUT2D eigenvalue weighted by molar-refractivity contribution is -0.141. The number of nitrogens with one attached hydrogen (secondary N) is 2. The topological polar surface area (TPSA) is 185 Å². The fourth-order valence-electron chi connectivity index (χ4n) is 3.63. The Morgan fingerprint density at radius 1 is 1.26 bits per heavy atom. The molecule has 14 heteroatoms. The van der Waals surface area contributed by atoms with Crippen LogP contribution in [0.3, 0.4) is 0 Å². The normalized spacial score (nSPS) is 18.9. The first-order chi connectivity index (χ1) is 16.0. The van der Waals surface area contributed by atoms with Crippen LogP contribution >= 0.6 is 23.3 Å². The number of hydrogen-bond donors (Lipinski definition) is 4. The van der Waals surface area contributed by atoms with Gasteiger partial charge in [-0.1, -0.05) is 18.3 Å². The molecule has 5 N–H and O–H groups in total. The number of likely N-dealkylation sites (tertiary alicyclic amines) is 1. The Morgan fingerprint density at radius 2 is 1.97 bits per heavy atom. The van der Waals surface area contributed by atoms with Crippen LogP contribution in [0.5, 0.6) is 0 Å². The number of aryl methyl sites for hydroxylation is 1. The second-order valence-electron chi connectivity index (χ2n) is 8.46. The van der Waals surface area contributed by atoms with E-state index in [1.807, 2.05) is 13.8 Å². The van der Waals surface area contributed by atoms with Crippen molar-refractivity contribution in [2.45, 2.75) is 58.2 Å². The molecular formula is C20H30N6O6S2. The molecule has 34 heavy (non-hydrogen) atoms. The highest BCUT2D eigenvalue weighted by atomic mass is 32.2. The Hall–Kier alpha value is -2.74. The Labute approximate surface area is 205 Å². The van der Waals surface area contributed by atoms with E-state index in [1.165, 1.54) is 4.90 Å². The second-order valence-corrected chi connectivity index (χ2v) is 10.2. The number of amides is 4. The van der Waals surface area contributed by atoms with Gasteiger partial charge in [-0.05, 0) is 43.6 Å². The lowest BCUT2D eigenvalue weighted by Crippen LogP contribution is -2.60. The zero-order chi connectivity index (χ0) is 25.4. The van der Waals surface area contributed by atoms with Gasteiger partial charge in [-0.15, -0.1) is 16.9 Å². The molecule has 1 aromatic rings. The van der Waals surface area contributed by atoms with Gasteiger partial charge in [0.05, 0.1) is 17.2 Å². The summed E-state index contributed by atoms with van der Waals surface area (Å²) < 4.78 is 3.75.